The van der Waals surface area contributed by atoms with Crippen LogP contribution in [0.25, 0.3) is 0 Å². The van der Waals surface area contributed by atoms with Crippen LogP contribution >= 0.6 is 0 Å². The van der Waals surface area contributed by atoms with Crippen molar-refractivity contribution in [2.45, 2.75) is 89.3 Å². The van der Waals surface area contributed by atoms with Gasteiger partial charge in [-0.2, -0.15) is 0 Å². The molecule has 0 spiro atoms. The second-order valence-electron chi connectivity index (χ2n) is 6.19. The first-order valence-electron chi connectivity index (χ1n) is 6.99. The van der Waals surface area contributed by atoms with Crippen molar-refractivity contribution in [2.24, 2.45) is 0 Å². The van der Waals surface area contributed by atoms with Gasteiger partial charge in [-0.3, -0.25) is 0 Å². The van der Waals surface area contributed by atoms with Gasteiger partial charge in [0.05, 0.1) is 0 Å². The van der Waals surface area contributed by atoms with Crippen molar-refractivity contribution in [3.8, 4) is 0 Å². The first-order chi connectivity index (χ1) is 7.62. The minimum atomic E-state index is -0.0152. The molecule has 0 aliphatic heterocycles. The lowest BCUT2D eigenvalue weighted by molar-refractivity contribution is -0.415. The lowest BCUT2D eigenvalue weighted by Crippen LogP contribution is -2.38. The van der Waals surface area contributed by atoms with Gasteiger partial charge in [0, 0.05) is 0 Å². The molecule has 16 heavy (non-hydrogen) atoms. The van der Waals surface area contributed by atoms with E-state index in [-0.39, 0.29) is 11.2 Å². The third kappa shape index (κ3) is 3.21. The van der Waals surface area contributed by atoms with Gasteiger partial charge in [0.25, 0.3) is 0 Å². The maximum Gasteiger partial charge on any atom is 0.101 e. The molecule has 0 radical (unpaired) electrons. The summed E-state index contributed by atoms with van der Waals surface area (Å²) in [7, 11) is 0. The second kappa shape index (κ2) is 5.05. The van der Waals surface area contributed by atoms with Crippen LogP contribution < -0.4 is 0 Å². The summed E-state index contributed by atoms with van der Waals surface area (Å²) >= 11 is 0. The minimum absolute atomic E-state index is 0.0152. The molecule has 0 unspecified atom stereocenters. The molecule has 2 nitrogen and oxygen atoms in total. The van der Waals surface area contributed by atoms with E-state index in [9.17, 15) is 0 Å². The van der Waals surface area contributed by atoms with E-state index in [0.717, 1.165) is 25.7 Å². The van der Waals surface area contributed by atoms with Gasteiger partial charge in [-0.1, -0.05) is 38.5 Å². The Kier molecular flexibility index (Phi) is 3.91. The molecule has 2 aliphatic rings. The third-order valence-corrected chi connectivity index (χ3v) is 4.27. The highest BCUT2D eigenvalue weighted by molar-refractivity contribution is 4.81. The second-order valence-corrected chi connectivity index (χ2v) is 6.19. The summed E-state index contributed by atoms with van der Waals surface area (Å²) in [4.78, 5) is 11.6. The fourth-order valence-corrected chi connectivity index (χ4v) is 2.97. The standard InChI is InChI=1S/C14H26O2/c1-13(9-5-3-6-10-13)15-16-14(2)11-7-4-8-12-14/h3-12H2,1-2H3. The van der Waals surface area contributed by atoms with Crippen LogP contribution in [-0.2, 0) is 9.78 Å². The predicted octanol–water partition coefficient (Wildman–Crippen LogP) is 4.38. The van der Waals surface area contributed by atoms with Crippen LogP contribution in [-0.4, -0.2) is 11.2 Å². The van der Waals surface area contributed by atoms with Gasteiger partial charge in [0.15, 0.2) is 0 Å². The fourth-order valence-electron chi connectivity index (χ4n) is 2.97. The average molecular weight is 226 g/mol. The molecule has 0 aromatic rings. The lowest BCUT2D eigenvalue weighted by Gasteiger charge is -2.38. The van der Waals surface area contributed by atoms with Crippen molar-refractivity contribution < 1.29 is 9.78 Å². The lowest BCUT2D eigenvalue weighted by atomic mass is 9.86. The molecule has 0 atom stereocenters. The van der Waals surface area contributed by atoms with E-state index in [4.69, 9.17) is 9.78 Å². The summed E-state index contributed by atoms with van der Waals surface area (Å²) in [6, 6.07) is 0. The van der Waals surface area contributed by atoms with Gasteiger partial charge in [-0.25, -0.2) is 9.78 Å². The fraction of sp³-hybridized carbons (Fsp3) is 1.00. The maximum absolute atomic E-state index is 5.81. The first-order valence-corrected chi connectivity index (χ1v) is 6.99. The molecule has 0 heterocycles. The molecule has 0 amide bonds. The first kappa shape index (κ1) is 12.4. The molecule has 2 saturated carbocycles. The summed E-state index contributed by atoms with van der Waals surface area (Å²) in [5.41, 5.74) is -0.0303. The molecule has 2 heteroatoms. The van der Waals surface area contributed by atoms with Crippen LogP contribution in [0.5, 0.6) is 0 Å². The van der Waals surface area contributed by atoms with Gasteiger partial charge >= 0.3 is 0 Å². The highest BCUT2D eigenvalue weighted by Crippen LogP contribution is 2.36. The van der Waals surface area contributed by atoms with E-state index in [1.54, 1.807) is 0 Å². The Morgan fingerprint density at radius 1 is 0.562 bits per heavy atom. The van der Waals surface area contributed by atoms with E-state index in [1.807, 2.05) is 0 Å². The van der Waals surface area contributed by atoms with Gasteiger partial charge in [0.2, 0.25) is 0 Å². The van der Waals surface area contributed by atoms with Crippen LogP contribution in [0.15, 0.2) is 0 Å². The van der Waals surface area contributed by atoms with Gasteiger partial charge in [-0.05, 0) is 39.5 Å². The molecule has 2 aliphatic carbocycles. The zero-order valence-corrected chi connectivity index (χ0v) is 10.9. The summed E-state index contributed by atoms with van der Waals surface area (Å²) in [5, 5.41) is 0. The Balaban J connectivity index is 1.80. The quantitative estimate of drug-likeness (QED) is 0.525. The summed E-state index contributed by atoms with van der Waals surface area (Å²) in [5.74, 6) is 0. The van der Waals surface area contributed by atoms with Crippen LogP contribution in [0.4, 0.5) is 0 Å². The smallest absolute Gasteiger partial charge is 0.101 e. The van der Waals surface area contributed by atoms with Crippen LogP contribution in [0.3, 0.4) is 0 Å². The predicted molar refractivity (Wildman–Crippen MR) is 65.2 cm³/mol. The minimum Gasteiger partial charge on any atom is -0.230 e. The van der Waals surface area contributed by atoms with E-state index in [1.165, 1.54) is 38.5 Å². The summed E-state index contributed by atoms with van der Waals surface area (Å²) in [6.07, 6.45) is 12.5. The average Bonchev–Trinajstić information content (AvgIpc) is 2.29. The van der Waals surface area contributed by atoms with Crippen molar-refractivity contribution in [2.75, 3.05) is 0 Å². The van der Waals surface area contributed by atoms with Crippen LogP contribution in [0.1, 0.15) is 78.1 Å². The van der Waals surface area contributed by atoms with Crippen molar-refractivity contribution in [1.82, 2.24) is 0 Å². The highest BCUT2D eigenvalue weighted by atomic mass is 17.2. The zero-order chi connectivity index (χ0) is 11.5. The van der Waals surface area contributed by atoms with Crippen molar-refractivity contribution >= 4 is 0 Å². The largest absolute Gasteiger partial charge is 0.230 e. The molecule has 0 N–H and O–H groups in total. The van der Waals surface area contributed by atoms with Gasteiger partial charge < -0.3 is 0 Å². The Labute approximate surface area is 99.6 Å². The van der Waals surface area contributed by atoms with E-state index < -0.39 is 0 Å². The third-order valence-electron chi connectivity index (χ3n) is 4.27. The van der Waals surface area contributed by atoms with Gasteiger partial charge in [0.1, 0.15) is 11.2 Å². The molecule has 0 aromatic carbocycles. The van der Waals surface area contributed by atoms with Crippen molar-refractivity contribution in [1.29, 1.82) is 0 Å². The maximum atomic E-state index is 5.81. The van der Waals surface area contributed by atoms with E-state index in [0.29, 0.717) is 0 Å². The molecular weight excluding hydrogens is 200 g/mol. The van der Waals surface area contributed by atoms with Crippen molar-refractivity contribution in [3.05, 3.63) is 0 Å². The Bertz CT molecular complexity index is 189. The normalized spacial score (nSPS) is 28.9. The van der Waals surface area contributed by atoms with Crippen molar-refractivity contribution in [3.63, 3.8) is 0 Å². The number of rotatable bonds is 3. The molecule has 94 valence electrons. The molecule has 2 rings (SSSR count). The Morgan fingerprint density at radius 3 is 1.19 bits per heavy atom. The number of hydrogen-bond donors (Lipinski definition) is 0. The van der Waals surface area contributed by atoms with E-state index in [2.05, 4.69) is 13.8 Å². The summed E-state index contributed by atoms with van der Waals surface area (Å²) < 4.78 is 0. The Hall–Kier alpha value is -0.0800. The molecular formula is C14H26O2. The topological polar surface area (TPSA) is 18.5 Å². The van der Waals surface area contributed by atoms with E-state index >= 15 is 0 Å². The highest BCUT2D eigenvalue weighted by Gasteiger charge is 2.34. The molecule has 0 bridgehead atoms. The monoisotopic (exact) mass is 226 g/mol. The van der Waals surface area contributed by atoms with Crippen LogP contribution in [0.2, 0.25) is 0 Å². The Morgan fingerprint density at radius 2 is 0.875 bits per heavy atom. The zero-order valence-electron chi connectivity index (χ0n) is 10.9. The van der Waals surface area contributed by atoms with Gasteiger partial charge in [-0.15, -0.1) is 0 Å². The molecule has 0 saturated heterocycles. The SMILES string of the molecule is CC1(OOC2(C)CCCCC2)CCCCC1. The molecule has 0 aromatic heterocycles. The van der Waals surface area contributed by atoms with Crippen LogP contribution in [0, 0.1) is 0 Å². The molecule has 2 fully saturated rings. The summed E-state index contributed by atoms with van der Waals surface area (Å²) in [6.45, 7) is 4.41. The number of hydrogen-bond acceptors (Lipinski definition) is 2.